The Balaban J connectivity index is 2.40. The van der Waals surface area contributed by atoms with Gasteiger partial charge in [-0.05, 0) is 51.9 Å². The third-order valence-electron chi connectivity index (χ3n) is 2.55. The molecule has 0 radical (unpaired) electrons. The van der Waals surface area contributed by atoms with Crippen LogP contribution in [0.5, 0.6) is 0 Å². The van der Waals surface area contributed by atoms with Gasteiger partial charge in [0.05, 0.1) is 16.1 Å². The van der Waals surface area contributed by atoms with Crippen LogP contribution in [0.2, 0.25) is 10.0 Å². The molecule has 2 N–H and O–H groups in total. The molecule has 0 bridgehead atoms. The Bertz CT molecular complexity index is 525. The largest absolute Gasteiger partial charge is 0.320 e. The maximum absolute atomic E-state index is 6.19. The molecule has 0 aliphatic heterocycles. The van der Waals surface area contributed by atoms with Gasteiger partial charge >= 0.3 is 0 Å². The van der Waals surface area contributed by atoms with Crippen molar-refractivity contribution in [2.45, 2.75) is 6.04 Å². The molecule has 88 valence electrons. The van der Waals surface area contributed by atoms with E-state index in [1.165, 1.54) is 3.57 Å². The molecular formula is C13H10Cl2IN. The third kappa shape index (κ3) is 2.94. The lowest BCUT2D eigenvalue weighted by atomic mass is 10.00. The molecule has 1 atom stereocenters. The highest BCUT2D eigenvalue weighted by atomic mass is 127. The quantitative estimate of drug-likeness (QED) is 0.757. The topological polar surface area (TPSA) is 26.0 Å². The zero-order valence-corrected chi connectivity index (χ0v) is 12.5. The lowest BCUT2D eigenvalue weighted by Crippen LogP contribution is -2.12. The maximum Gasteiger partial charge on any atom is 0.0643 e. The summed E-state index contributed by atoms with van der Waals surface area (Å²) in [5.41, 5.74) is 8.06. The molecule has 0 saturated carbocycles. The van der Waals surface area contributed by atoms with Crippen LogP contribution in [-0.4, -0.2) is 0 Å². The van der Waals surface area contributed by atoms with E-state index in [2.05, 4.69) is 22.6 Å². The molecule has 4 heteroatoms. The zero-order valence-electron chi connectivity index (χ0n) is 8.83. The summed E-state index contributed by atoms with van der Waals surface area (Å²) in [4.78, 5) is 0. The van der Waals surface area contributed by atoms with Crippen molar-refractivity contribution in [3.8, 4) is 0 Å². The predicted molar refractivity (Wildman–Crippen MR) is 81.7 cm³/mol. The van der Waals surface area contributed by atoms with Gasteiger partial charge in [-0.1, -0.05) is 47.5 Å². The van der Waals surface area contributed by atoms with Crippen molar-refractivity contribution in [3.05, 3.63) is 67.2 Å². The molecule has 0 aromatic heterocycles. The van der Waals surface area contributed by atoms with E-state index in [1.54, 1.807) is 6.07 Å². The number of nitrogens with two attached hydrogens (primary N) is 1. The fourth-order valence-corrected chi connectivity index (χ4v) is 2.40. The van der Waals surface area contributed by atoms with Crippen molar-refractivity contribution >= 4 is 45.8 Å². The molecule has 0 heterocycles. The molecule has 1 nitrogen and oxygen atoms in total. The summed E-state index contributed by atoms with van der Waals surface area (Å²) in [5.74, 6) is 0. The highest BCUT2D eigenvalue weighted by Gasteiger charge is 2.13. The summed E-state index contributed by atoms with van der Waals surface area (Å²) in [7, 11) is 0. The Morgan fingerprint density at radius 1 is 1.00 bits per heavy atom. The summed E-state index contributed by atoms with van der Waals surface area (Å²) in [6, 6.07) is 13.3. The van der Waals surface area contributed by atoms with Crippen LogP contribution in [0.4, 0.5) is 0 Å². The molecule has 0 amide bonds. The van der Waals surface area contributed by atoms with E-state index >= 15 is 0 Å². The van der Waals surface area contributed by atoms with Crippen molar-refractivity contribution in [2.75, 3.05) is 0 Å². The van der Waals surface area contributed by atoms with Gasteiger partial charge in [0, 0.05) is 3.57 Å². The van der Waals surface area contributed by atoms with Crippen LogP contribution in [0.25, 0.3) is 0 Å². The Hall–Kier alpha value is -0.290. The first-order chi connectivity index (χ1) is 8.09. The average Bonchev–Trinajstić information content (AvgIpc) is 2.33. The smallest absolute Gasteiger partial charge is 0.0643 e. The van der Waals surface area contributed by atoms with Gasteiger partial charge in [0.25, 0.3) is 0 Å². The van der Waals surface area contributed by atoms with Gasteiger partial charge in [0.15, 0.2) is 0 Å². The summed E-state index contributed by atoms with van der Waals surface area (Å²) in [6.07, 6.45) is 0. The van der Waals surface area contributed by atoms with E-state index in [0.29, 0.717) is 10.0 Å². The summed E-state index contributed by atoms with van der Waals surface area (Å²) in [6.45, 7) is 0. The van der Waals surface area contributed by atoms with Gasteiger partial charge in [-0.25, -0.2) is 0 Å². The molecule has 2 aromatic carbocycles. The fourth-order valence-electron chi connectivity index (χ4n) is 1.61. The lowest BCUT2D eigenvalue weighted by Gasteiger charge is -2.15. The van der Waals surface area contributed by atoms with Crippen LogP contribution in [0.15, 0.2) is 42.5 Å². The standard InChI is InChI=1S/C13H10Cl2IN/c14-11-3-1-2-10(12(11)15)13(17)8-4-6-9(16)7-5-8/h1-7,13H,17H2. The van der Waals surface area contributed by atoms with E-state index < -0.39 is 0 Å². The minimum atomic E-state index is -0.252. The number of hydrogen-bond acceptors (Lipinski definition) is 1. The Morgan fingerprint density at radius 2 is 1.65 bits per heavy atom. The van der Waals surface area contributed by atoms with Crippen LogP contribution >= 0.6 is 45.8 Å². The second-order valence-electron chi connectivity index (χ2n) is 3.67. The average molecular weight is 378 g/mol. The molecule has 2 rings (SSSR count). The van der Waals surface area contributed by atoms with Gasteiger partial charge in [-0.15, -0.1) is 0 Å². The van der Waals surface area contributed by atoms with Crippen LogP contribution in [-0.2, 0) is 0 Å². The molecule has 0 aliphatic carbocycles. The van der Waals surface area contributed by atoms with E-state index in [1.807, 2.05) is 36.4 Å². The highest BCUT2D eigenvalue weighted by molar-refractivity contribution is 14.1. The minimum absolute atomic E-state index is 0.252. The van der Waals surface area contributed by atoms with Crippen LogP contribution in [0.3, 0.4) is 0 Å². The van der Waals surface area contributed by atoms with E-state index in [-0.39, 0.29) is 6.04 Å². The SMILES string of the molecule is NC(c1ccc(I)cc1)c1cccc(Cl)c1Cl. The molecule has 17 heavy (non-hydrogen) atoms. The zero-order chi connectivity index (χ0) is 12.4. The normalized spacial score (nSPS) is 12.5. The van der Waals surface area contributed by atoms with Crippen LogP contribution in [0.1, 0.15) is 17.2 Å². The molecule has 0 spiro atoms. The first kappa shape index (κ1) is 13.1. The monoisotopic (exact) mass is 377 g/mol. The van der Waals surface area contributed by atoms with Crippen molar-refractivity contribution in [1.82, 2.24) is 0 Å². The number of hydrogen-bond donors (Lipinski definition) is 1. The number of benzene rings is 2. The predicted octanol–water partition coefficient (Wildman–Crippen LogP) is 4.65. The van der Waals surface area contributed by atoms with E-state index in [4.69, 9.17) is 28.9 Å². The molecule has 1 unspecified atom stereocenters. The molecule has 2 aromatic rings. The molecular weight excluding hydrogens is 368 g/mol. The lowest BCUT2D eigenvalue weighted by molar-refractivity contribution is 0.871. The van der Waals surface area contributed by atoms with Crippen molar-refractivity contribution in [3.63, 3.8) is 0 Å². The summed E-state index contributed by atoms with van der Waals surface area (Å²) >= 11 is 14.4. The molecule has 0 saturated heterocycles. The summed E-state index contributed by atoms with van der Waals surface area (Å²) in [5, 5.41) is 1.06. The third-order valence-corrected chi connectivity index (χ3v) is 4.10. The molecule has 0 aliphatic rings. The van der Waals surface area contributed by atoms with Crippen molar-refractivity contribution < 1.29 is 0 Å². The van der Waals surface area contributed by atoms with Gasteiger partial charge in [0.1, 0.15) is 0 Å². The number of halogens is 3. The second-order valence-corrected chi connectivity index (χ2v) is 5.70. The summed E-state index contributed by atoms with van der Waals surface area (Å²) < 4.78 is 1.18. The Labute approximate surface area is 124 Å². The van der Waals surface area contributed by atoms with Gasteiger partial charge in [0.2, 0.25) is 0 Å². The fraction of sp³-hybridized carbons (Fsp3) is 0.0769. The Morgan fingerprint density at radius 3 is 2.29 bits per heavy atom. The van der Waals surface area contributed by atoms with Crippen LogP contribution < -0.4 is 5.73 Å². The first-order valence-corrected chi connectivity index (χ1v) is 6.88. The molecule has 0 fully saturated rings. The first-order valence-electron chi connectivity index (χ1n) is 5.04. The van der Waals surface area contributed by atoms with Gasteiger partial charge < -0.3 is 5.73 Å². The van der Waals surface area contributed by atoms with Crippen LogP contribution in [0, 0.1) is 3.57 Å². The van der Waals surface area contributed by atoms with Gasteiger partial charge in [-0.3, -0.25) is 0 Å². The van der Waals surface area contributed by atoms with Crippen molar-refractivity contribution in [2.24, 2.45) is 5.73 Å². The second kappa shape index (κ2) is 5.57. The number of rotatable bonds is 2. The minimum Gasteiger partial charge on any atom is -0.320 e. The Kier molecular flexibility index (Phi) is 4.31. The maximum atomic E-state index is 6.19. The van der Waals surface area contributed by atoms with E-state index in [0.717, 1.165) is 11.1 Å². The highest BCUT2D eigenvalue weighted by Crippen LogP contribution is 2.31. The van der Waals surface area contributed by atoms with Crippen molar-refractivity contribution in [1.29, 1.82) is 0 Å². The van der Waals surface area contributed by atoms with E-state index in [9.17, 15) is 0 Å². The van der Waals surface area contributed by atoms with Gasteiger partial charge in [-0.2, -0.15) is 0 Å².